The molecule has 0 nitrogen and oxygen atoms in total. The molecule has 1 aromatic carbocycles. The molecule has 0 saturated carbocycles. The van der Waals surface area contributed by atoms with Crippen molar-refractivity contribution in [3.63, 3.8) is 0 Å². The van der Waals surface area contributed by atoms with E-state index in [-0.39, 0.29) is 0 Å². The van der Waals surface area contributed by atoms with E-state index < -0.39 is 0 Å². The van der Waals surface area contributed by atoms with Gasteiger partial charge in [-0.3, -0.25) is 0 Å². The Morgan fingerprint density at radius 2 is 2.00 bits per heavy atom. The number of hydrogen-bond acceptors (Lipinski definition) is 1. The van der Waals surface area contributed by atoms with Gasteiger partial charge in [0.15, 0.2) is 0 Å². The van der Waals surface area contributed by atoms with E-state index in [2.05, 4.69) is 42.7 Å². The highest BCUT2D eigenvalue weighted by molar-refractivity contribution is 8.02. The topological polar surface area (TPSA) is 0 Å². The molecular weight excluding hydrogens is 152 g/mol. The molecule has 58 valence electrons. The van der Waals surface area contributed by atoms with Crippen LogP contribution < -0.4 is 0 Å². The molecule has 1 heteroatoms. The summed E-state index contributed by atoms with van der Waals surface area (Å²) in [7, 11) is 0. The molecule has 0 aliphatic heterocycles. The summed E-state index contributed by atoms with van der Waals surface area (Å²) in [4.78, 5) is 0. The Hall–Kier alpha value is -0.690. The molecule has 0 unspecified atom stereocenters. The lowest BCUT2D eigenvalue weighted by Crippen LogP contribution is -1.66. The number of hydrogen-bond donors (Lipinski definition) is 0. The van der Waals surface area contributed by atoms with E-state index in [1.54, 1.807) is 0 Å². The molecule has 0 aliphatic rings. The van der Waals surface area contributed by atoms with Gasteiger partial charge in [0.2, 0.25) is 0 Å². The van der Waals surface area contributed by atoms with Gasteiger partial charge in [0, 0.05) is 0 Å². The monoisotopic (exact) mass is 164 g/mol. The molecule has 1 rings (SSSR count). The summed E-state index contributed by atoms with van der Waals surface area (Å²) in [5, 5.41) is 2.13. The van der Waals surface area contributed by atoms with Crippen LogP contribution in [-0.2, 0) is 0 Å². The van der Waals surface area contributed by atoms with Crippen molar-refractivity contribution in [1.82, 2.24) is 0 Å². The average Bonchev–Trinajstić information content (AvgIpc) is 2.07. The van der Waals surface area contributed by atoms with Crippen LogP contribution in [0.1, 0.15) is 12.5 Å². The van der Waals surface area contributed by atoms with Crippen molar-refractivity contribution >= 4 is 17.8 Å². The van der Waals surface area contributed by atoms with E-state index in [4.69, 9.17) is 0 Å². The maximum Gasteiger partial charge on any atom is -0.00544 e. The second kappa shape index (κ2) is 5.03. The van der Waals surface area contributed by atoms with Crippen LogP contribution in [0.5, 0.6) is 0 Å². The van der Waals surface area contributed by atoms with Gasteiger partial charge in [-0.1, -0.05) is 37.3 Å². The Balaban J connectivity index is 2.50. The maximum atomic E-state index is 2.15. The van der Waals surface area contributed by atoms with E-state index >= 15 is 0 Å². The van der Waals surface area contributed by atoms with Crippen LogP contribution in [0, 0.1) is 0 Å². The average molecular weight is 164 g/mol. The van der Waals surface area contributed by atoms with E-state index in [9.17, 15) is 0 Å². The van der Waals surface area contributed by atoms with Crippen molar-refractivity contribution in [2.75, 3.05) is 5.75 Å². The quantitative estimate of drug-likeness (QED) is 0.659. The van der Waals surface area contributed by atoms with Gasteiger partial charge in [0.1, 0.15) is 0 Å². The van der Waals surface area contributed by atoms with E-state index in [1.807, 2.05) is 17.8 Å². The first-order valence-electron chi connectivity index (χ1n) is 3.76. The zero-order valence-electron chi connectivity index (χ0n) is 6.66. The van der Waals surface area contributed by atoms with Gasteiger partial charge in [-0.05, 0) is 22.8 Å². The van der Waals surface area contributed by atoms with Crippen LogP contribution in [0.25, 0.3) is 6.08 Å². The van der Waals surface area contributed by atoms with Gasteiger partial charge < -0.3 is 0 Å². The molecule has 0 fully saturated rings. The summed E-state index contributed by atoms with van der Waals surface area (Å²) < 4.78 is 0. The molecule has 0 atom stereocenters. The van der Waals surface area contributed by atoms with Crippen molar-refractivity contribution in [2.45, 2.75) is 6.92 Å². The summed E-state index contributed by atoms with van der Waals surface area (Å²) in [6.45, 7) is 2.15. The highest BCUT2D eigenvalue weighted by Gasteiger charge is 1.80. The third kappa shape index (κ3) is 3.28. The fourth-order valence-electron chi connectivity index (χ4n) is 0.787. The van der Waals surface area contributed by atoms with Gasteiger partial charge in [-0.15, -0.1) is 11.8 Å². The standard InChI is InChI=1S/C10H12S/c1-2-11-9-8-10-6-4-3-5-7-10/h3-9H,2H2,1H3/b9-8-. The number of thioether (sulfide) groups is 1. The van der Waals surface area contributed by atoms with Crippen LogP contribution in [-0.4, -0.2) is 5.75 Å². The Labute approximate surface area is 72.3 Å². The minimum absolute atomic E-state index is 1.14. The second-order valence-electron chi connectivity index (χ2n) is 2.17. The third-order valence-electron chi connectivity index (χ3n) is 1.32. The predicted octanol–water partition coefficient (Wildman–Crippen LogP) is 3.41. The molecule has 0 aromatic heterocycles. The van der Waals surface area contributed by atoms with E-state index in [1.165, 1.54) is 5.56 Å². The van der Waals surface area contributed by atoms with Crippen LogP contribution in [0.15, 0.2) is 35.7 Å². The normalized spacial score (nSPS) is 10.6. The van der Waals surface area contributed by atoms with Crippen LogP contribution in [0.2, 0.25) is 0 Å². The first-order valence-corrected chi connectivity index (χ1v) is 4.81. The first-order chi connectivity index (χ1) is 5.43. The molecule has 0 heterocycles. The van der Waals surface area contributed by atoms with Crippen LogP contribution in [0.4, 0.5) is 0 Å². The zero-order valence-corrected chi connectivity index (χ0v) is 7.47. The Bertz CT molecular complexity index is 214. The molecule has 0 bridgehead atoms. The minimum atomic E-state index is 1.14. The van der Waals surface area contributed by atoms with Crippen molar-refractivity contribution in [1.29, 1.82) is 0 Å². The van der Waals surface area contributed by atoms with E-state index in [0.29, 0.717) is 0 Å². The van der Waals surface area contributed by atoms with Crippen molar-refractivity contribution in [2.24, 2.45) is 0 Å². The SMILES string of the molecule is CCS/C=C\c1ccccc1. The van der Waals surface area contributed by atoms with Crippen LogP contribution in [0.3, 0.4) is 0 Å². The highest BCUT2D eigenvalue weighted by atomic mass is 32.2. The van der Waals surface area contributed by atoms with Gasteiger partial charge in [-0.2, -0.15) is 0 Å². The van der Waals surface area contributed by atoms with Crippen molar-refractivity contribution in [3.05, 3.63) is 41.3 Å². The van der Waals surface area contributed by atoms with E-state index in [0.717, 1.165) is 5.75 Å². The van der Waals surface area contributed by atoms with Crippen molar-refractivity contribution in [3.8, 4) is 0 Å². The Morgan fingerprint density at radius 1 is 1.27 bits per heavy atom. The molecule has 0 aliphatic carbocycles. The number of rotatable bonds is 3. The smallest absolute Gasteiger partial charge is 0.00544 e. The first kappa shape index (κ1) is 8.41. The Kier molecular flexibility index (Phi) is 3.84. The molecular formula is C10H12S. The van der Waals surface area contributed by atoms with Gasteiger partial charge in [0.05, 0.1) is 0 Å². The maximum absolute atomic E-state index is 2.15. The molecule has 0 amide bonds. The van der Waals surface area contributed by atoms with Crippen molar-refractivity contribution < 1.29 is 0 Å². The molecule has 0 spiro atoms. The number of benzene rings is 1. The highest BCUT2D eigenvalue weighted by Crippen LogP contribution is 2.06. The Morgan fingerprint density at radius 3 is 2.64 bits per heavy atom. The molecule has 0 N–H and O–H groups in total. The summed E-state index contributed by atoms with van der Waals surface area (Å²) in [5.74, 6) is 1.14. The molecule has 0 radical (unpaired) electrons. The largest absolute Gasteiger partial charge is 0.134 e. The summed E-state index contributed by atoms with van der Waals surface area (Å²) in [5.41, 5.74) is 1.27. The lowest BCUT2D eigenvalue weighted by Gasteiger charge is -1.89. The van der Waals surface area contributed by atoms with Crippen LogP contribution >= 0.6 is 11.8 Å². The molecule has 0 saturated heterocycles. The molecule has 11 heavy (non-hydrogen) atoms. The fraction of sp³-hybridized carbons (Fsp3) is 0.200. The summed E-state index contributed by atoms with van der Waals surface area (Å²) in [6, 6.07) is 10.3. The fourth-order valence-corrected chi connectivity index (χ4v) is 1.23. The lowest BCUT2D eigenvalue weighted by molar-refractivity contribution is 1.54. The van der Waals surface area contributed by atoms with Gasteiger partial charge in [0.25, 0.3) is 0 Å². The third-order valence-corrected chi connectivity index (χ3v) is 1.98. The predicted molar refractivity (Wildman–Crippen MR) is 53.6 cm³/mol. The second-order valence-corrected chi connectivity index (χ2v) is 3.35. The summed E-state index contributed by atoms with van der Waals surface area (Å²) >= 11 is 1.82. The molecule has 1 aromatic rings. The zero-order chi connectivity index (χ0) is 7.94. The van der Waals surface area contributed by atoms with Gasteiger partial charge >= 0.3 is 0 Å². The summed E-state index contributed by atoms with van der Waals surface area (Å²) in [6.07, 6.45) is 2.13. The lowest BCUT2D eigenvalue weighted by atomic mass is 10.2. The van der Waals surface area contributed by atoms with Gasteiger partial charge in [-0.25, -0.2) is 0 Å². The minimum Gasteiger partial charge on any atom is -0.134 e.